The molecule has 4 heterocycles. The Morgan fingerprint density at radius 2 is 1.90 bits per heavy atom. The van der Waals surface area contributed by atoms with Crippen molar-refractivity contribution in [2.75, 3.05) is 0 Å². The average Bonchev–Trinajstić information content (AvgIpc) is 3.49. The fraction of sp³-hybridized carbons (Fsp3) is 0.0870. The predicted octanol–water partition coefficient (Wildman–Crippen LogP) is 4.16. The number of rotatable bonds is 4. The fourth-order valence-corrected chi connectivity index (χ4v) is 3.56. The molecule has 5 rings (SSSR count). The van der Waals surface area contributed by atoms with Crippen molar-refractivity contribution in [3.8, 4) is 34.6 Å². The van der Waals surface area contributed by atoms with Crippen LogP contribution in [0.4, 0.5) is 0 Å². The van der Waals surface area contributed by atoms with Crippen molar-refractivity contribution in [1.29, 1.82) is 5.26 Å². The van der Waals surface area contributed by atoms with Crippen molar-refractivity contribution >= 4 is 5.65 Å². The third-order valence-electron chi connectivity index (χ3n) is 5.12. The highest BCUT2D eigenvalue weighted by molar-refractivity contribution is 5.77. The Morgan fingerprint density at radius 3 is 2.60 bits per heavy atom. The highest BCUT2D eigenvalue weighted by Gasteiger charge is 2.21. The van der Waals surface area contributed by atoms with Gasteiger partial charge in [-0.15, -0.1) is 0 Å². The molecule has 0 atom stereocenters. The summed E-state index contributed by atoms with van der Waals surface area (Å²) in [5, 5.41) is 20.3. The molecule has 30 heavy (non-hydrogen) atoms. The first-order valence-electron chi connectivity index (χ1n) is 9.40. The first kappa shape index (κ1) is 17.8. The van der Waals surface area contributed by atoms with Crippen LogP contribution >= 0.6 is 0 Å². The van der Waals surface area contributed by atoms with Crippen LogP contribution in [-0.4, -0.2) is 24.0 Å². The molecule has 0 radical (unpaired) electrons. The van der Waals surface area contributed by atoms with Crippen LogP contribution in [0, 0.1) is 11.3 Å². The van der Waals surface area contributed by atoms with E-state index in [0.29, 0.717) is 40.6 Å². The molecule has 5 aromatic rings. The molecule has 0 bridgehead atoms. The van der Waals surface area contributed by atoms with Gasteiger partial charge in [0, 0.05) is 18.8 Å². The van der Waals surface area contributed by atoms with Crippen LogP contribution < -0.4 is 0 Å². The van der Waals surface area contributed by atoms with E-state index in [1.54, 1.807) is 33.6 Å². The first-order valence-corrected chi connectivity index (χ1v) is 9.40. The molecule has 0 aliphatic carbocycles. The van der Waals surface area contributed by atoms with Gasteiger partial charge in [-0.2, -0.15) is 5.26 Å². The molecule has 0 fully saturated rings. The number of imidazole rings is 1. The molecule has 0 saturated heterocycles. The lowest BCUT2D eigenvalue weighted by molar-refractivity contribution is 0.438. The molecule has 0 unspecified atom stereocenters. The van der Waals surface area contributed by atoms with Crippen LogP contribution in [0.3, 0.4) is 0 Å². The maximum absolute atomic E-state index is 10.9. The lowest BCUT2D eigenvalue weighted by Crippen LogP contribution is -2.01. The van der Waals surface area contributed by atoms with Gasteiger partial charge < -0.3 is 14.1 Å². The normalized spacial score (nSPS) is 11.1. The van der Waals surface area contributed by atoms with E-state index >= 15 is 0 Å². The lowest BCUT2D eigenvalue weighted by Gasteiger charge is -2.09. The van der Waals surface area contributed by atoms with Crippen molar-refractivity contribution in [2.24, 2.45) is 7.05 Å². The minimum atomic E-state index is 0.0388. The quantitative estimate of drug-likeness (QED) is 0.493. The van der Waals surface area contributed by atoms with Crippen molar-refractivity contribution in [2.45, 2.75) is 6.42 Å². The van der Waals surface area contributed by atoms with Gasteiger partial charge in [0.15, 0.2) is 5.65 Å². The summed E-state index contributed by atoms with van der Waals surface area (Å²) in [7, 11) is 1.81. The number of aromatic nitrogens is 4. The van der Waals surface area contributed by atoms with Gasteiger partial charge in [0.05, 0.1) is 24.1 Å². The zero-order valence-electron chi connectivity index (χ0n) is 16.1. The molecule has 4 aromatic heterocycles. The van der Waals surface area contributed by atoms with E-state index in [1.165, 1.54) is 0 Å². The molecule has 0 amide bonds. The maximum Gasteiger partial charge on any atom is 0.219 e. The monoisotopic (exact) mass is 395 g/mol. The van der Waals surface area contributed by atoms with Gasteiger partial charge in [0.2, 0.25) is 5.88 Å². The molecular weight excluding hydrogens is 378 g/mol. The van der Waals surface area contributed by atoms with Crippen molar-refractivity contribution < 1.29 is 9.52 Å². The smallest absolute Gasteiger partial charge is 0.219 e. The average molecular weight is 395 g/mol. The number of nitrogens with zero attached hydrogens (tertiary/aromatic N) is 5. The van der Waals surface area contributed by atoms with E-state index in [2.05, 4.69) is 11.1 Å². The molecule has 0 aliphatic heterocycles. The summed E-state index contributed by atoms with van der Waals surface area (Å²) in [4.78, 5) is 9.52. The van der Waals surface area contributed by atoms with Gasteiger partial charge in [0.25, 0.3) is 0 Å². The SMILES string of the molecule is Cn1c(C#N)ccc1-c1nc(-c2ccccc2)cn2c(O)c(Cc3ccco3)nc12. The molecule has 0 spiro atoms. The number of hydrogen-bond donors (Lipinski definition) is 1. The van der Waals surface area contributed by atoms with Gasteiger partial charge in [-0.25, -0.2) is 9.97 Å². The van der Waals surface area contributed by atoms with Gasteiger partial charge in [0.1, 0.15) is 28.9 Å². The molecular formula is C23H17N5O2. The second-order valence-corrected chi connectivity index (χ2v) is 6.95. The summed E-state index contributed by atoms with van der Waals surface area (Å²) in [6.45, 7) is 0. The lowest BCUT2D eigenvalue weighted by atomic mass is 10.1. The van der Waals surface area contributed by atoms with Gasteiger partial charge in [-0.05, 0) is 24.3 Å². The zero-order valence-corrected chi connectivity index (χ0v) is 16.1. The number of hydrogen-bond acceptors (Lipinski definition) is 5. The summed E-state index contributed by atoms with van der Waals surface area (Å²) in [6.07, 6.45) is 3.73. The summed E-state index contributed by atoms with van der Waals surface area (Å²) >= 11 is 0. The number of furan rings is 1. The van der Waals surface area contributed by atoms with Crippen LogP contribution in [0.2, 0.25) is 0 Å². The van der Waals surface area contributed by atoms with Gasteiger partial charge in [-0.1, -0.05) is 30.3 Å². The van der Waals surface area contributed by atoms with Crippen LogP contribution in [0.25, 0.3) is 28.3 Å². The molecule has 146 valence electrons. The number of aromatic hydroxyl groups is 1. The highest BCUT2D eigenvalue weighted by Crippen LogP contribution is 2.32. The summed E-state index contributed by atoms with van der Waals surface area (Å²) in [5.41, 5.74) is 4.45. The van der Waals surface area contributed by atoms with Crippen LogP contribution in [-0.2, 0) is 13.5 Å². The van der Waals surface area contributed by atoms with Crippen LogP contribution in [0.5, 0.6) is 5.88 Å². The Kier molecular flexibility index (Phi) is 4.11. The van der Waals surface area contributed by atoms with Crippen molar-refractivity contribution in [3.63, 3.8) is 0 Å². The van der Waals surface area contributed by atoms with E-state index in [1.807, 2.05) is 49.5 Å². The Balaban J connectivity index is 1.77. The Bertz CT molecular complexity index is 1390. The molecule has 1 N–H and O–H groups in total. The second kappa shape index (κ2) is 6.94. The third-order valence-corrected chi connectivity index (χ3v) is 5.12. The Morgan fingerprint density at radius 1 is 1.07 bits per heavy atom. The van der Waals surface area contributed by atoms with Crippen LogP contribution in [0.1, 0.15) is 17.1 Å². The largest absolute Gasteiger partial charge is 0.493 e. The zero-order chi connectivity index (χ0) is 20.7. The van der Waals surface area contributed by atoms with E-state index in [-0.39, 0.29) is 5.88 Å². The van der Waals surface area contributed by atoms with E-state index in [0.717, 1.165) is 11.3 Å². The number of fused-ring (bicyclic) bond motifs is 1. The highest BCUT2D eigenvalue weighted by atomic mass is 16.3. The Labute approximate surface area is 172 Å². The number of nitriles is 1. The van der Waals surface area contributed by atoms with Crippen LogP contribution in [0.15, 0.2) is 71.5 Å². The summed E-state index contributed by atoms with van der Waals surface area (Å²) < 4.78 is 8.83. The summed E-state index contributed by atoms with van der Waals surface area (Å²) in [6, 6.07) is 19.1. The van der Waals surface area contributed by atoms with Gasteiger partial charge in [-0.3, -0.25) is 4.40 Å². The molecule has 0 saturated carbocycles. The molecule has 7 heteroatoms. The molecule has 0 aliphatic rings. The van der Waals surface area contributed by atoms with Gasteiger partial charge >= 0.3 is 0 Å². The minimum absolute atomic E-state index is 0.0388. The van der Waals surface area contributed by atoms with Crippen molar-refractivity contribution in [1.82, 2.24) is 18.9 Å². The minimum Gasteiger partial charge on any atom is -0.493 e. The number of benzene rings is 1. The fourth-order valence-electron chi connectivity index (χ4n) is 3.56. The van der Waals surface area contributed by atoms with E-state index in [4.69, 9.17) is 9.40 Å². The van der Waals surface area contributed by atoms with E-state index in [9.17, 15) is 10.4 Å². The van der Waals surface area contributed by atoms with Crippen molar-refractivity contribution in [3.05, 3.63) is 84.2 Å². The predicted molar refractivity (Wildman–Crippen MR) is 111 cm³/mol. The molecule has 7 nitrogen and oxygen atoms in total. The Hall–Kier alpha value is -4.31. The summed E-state index contributed by atoms with van der Waals surface area (Å²) in [5.74, 6) is 0.745. The topological polar surface area (TPSA) is 92.3 Å². The maximum atomic E-state index is 10.9. The standard InChI is InChI=1S/C23H17N5O2/c1-27-16(13-24)9-10-20(27)21-22-26-18(12-17-8-5-11-30-17)23(29)28(22)14-19(25-21)15-6-3-2-4-7-15/h2-11,14,29H,12H2,1H3. The second-order valence-electron chi connectivity index (χ2n) is 6.95. The van der Waals surface area contributed by atoms with E-state index < -0.39 is 0 Å². The third kappa shape index (κ3) is 2.83. The first-order chi connectivity index (χ1) is 14.7. The molecule has 1 aromatic carbocycles.